The first-order valence-electron chi connectivity index (χ1n) is 6.65. The van der Waals surface area contributed by atoms with Crippen LogP contribution in [-0.4, -0.2) is 29.2 Å². The van der Waals surface area contributed by atoms with Crippen LogP contribution in [0, 0.1) is 10.1 Å². The molecule has 1 unspecified atom stereocenters. The number of benzene rings is 1. The topological polar surface area (TPSA) is 93.5 Å². The third-order valence-electron chi connectivity index (χ3n) is 2.44. The Bertz CT molecular complexity index is 494. The predicted octanol–water partition coefficient (Wildman–Crippen LogP) is 2.92. The fraction of sp³-hybridized carbons (Fsp3) is 0.500. The second-order valence-electron chi connectivity index (χ2n) is 5.73. The molecular formula is C14H21N3O4. The van der Waals surface area contributed by atoms with Crippen LogP contribution < -0.4 is 10.6 Å². The molecule has 1 rings (SSSR count). The maximum Gasteiger partial charge on any atom is 0.407 e. The van der Waals surface area contributed by atoms with E-state index in [0.717, 1.165) is 5.69 Å². The Morgan fingerprint density at radius 3 is 2.38 bits per heavy atom. The fourth-order valence-corrected chi connectivity index (χ4v) is 1.57. The molecule has 0 fully saturated rings. The van der Waals surface area contributed by atoms with E-state index in [-0.39, 0.29) is 11.7 Å². The molecule has 1 aromatic carbocycles. The molecule has 0 heterocycles. The summed E-state index contributed by atoms with van der Waals surface area (Å²) in [5, 5.41) is 16.3. The smallest absolute Gasteiger partial charge is 0.407 e. The first-order chi connectivity index (χ1) is 9.67. The molecule has 0 saturated heterocycles. The van der Waals surface area contributed by atoms with Gasteiger partial charge in [0.2, 0.25) is 0 Å². The van der Waals surface area contributed by atoms with Gasteiger partial charge in [-0.15, -0.1) is 0 Å². The zero-order valence-electron chi connectivity index (χ0n) is 12.7. The Labute approximate surface area is 123 Å². The van der Waals surface area contributed by atoms with Gasteiger partial charge < -0.3 is 15.4 Å². The molecule has 0 aliphatic rings. The minimum absolute atomic E-state index is 0.0417. The number of hydrogen-bond acceptors (Lipinski definition) is 5. The molecule has 0 saturated carbocycles. The van der Waals surface area contributed by atoms with Crippen LogP contribution >= 0.6 is 0 Å². The Kier molecular flexibility index (Phi) is 5.52. The summed E-state index contributed by atoms with van der Waals surface area (Å²) in [6, 6.07) is 6.07. The molecule has 1 atom stereocenters. The van der Waals surface area contributed by atoms with Crippen molar-refractivity contribution in [1.82, 2.24) is 5.32 Å². The molecule has 0 radical (unpaired) electrons. The van der Waals surface area contributed by atoms with Crippen LogP contribution in [0.4, 0.5) is 16.2 Å². The number of alkyl carbamates (subject to hydrolysis) is 1. The van der Waals surface area contributed by atoms with Gasteiger partial charge in [0, 0.05) is 30.4 Å². The number of non-ortho nitro benzene ring substituents is 1. The number of anilines is 1. The maximum absolute atomic E-state index is 11.5. The van der Waals surface area contributed by atoms with Gasteiger partial charge in [0.25, 0.3) is 5.69 Å². The Hall–Kier alpha value is -2.31. The van der Waals surface area contributed by atoms with Crippen molar-refractivity contribution in [1.29, 1.82) is 0 Å². The van der Waals surface area contributed by atoms with Crippen LogP contribution in [0.15, 0.2) is 24.3 Å². The third-order valence-corrected chi connectivity index (χ3v) is 2.44. The van der Waals surface area contributed by atoms with E-state index in [0.29, 0.717) is 6.54 Å². The average molecular weight is 295 g/mol. The third kappa shape index (κ3) is 6.60. The van der Waals surface area contributed by atoms with Gasteiger partial charge in [0.15, 0.2) is 0 Å². The molecule has 0 aromatic heterocycles. The molecule has 0 aliphatic carbocycles. The van der Waals surface area contributed by atoms with Crippen molar-refractivity contribution in [2.75, 3.05) is 11.9 Å². The summed E-state index contributed by atoms with van der Waals surface area (Å²) in [5.74, 6) is 0. The van der Waals surface area contributed by atoms with Gasteiger partial charge in [0.05, 0.1) is 4.92 Å². The van der Waals surface area contributed by atoms with Gasteiger partial charge in [0.1, 0.15) is 5.60 Å². The Morgan fingerprint density at radius 2 is 1.90 bits per heavy atom. The Balaban J connectivity index is 2.41. The summed E-state index contributed by atoms with van der Waals surface area (Å²) in [7, 11) is 0. The van der Waals surface area contributed by atoms with Gasteiger partial charge in [-0.1, -0.05) is 0 Å². The van der Waals surface area contributed by atoms with Crippen LogP contribution in [0.3, 0.4) is 0 Å². The molecule has 1 aromatic rings. The van der Waals surface area contributed by atoms with Gasteiger partial charge in [-0.2, -0.15) is 0 Å². The monoisotopic (exact) mass is 295 g/mol. The minimum atomic E-state index is -0.529. The van der Waals surface area contributed by atoms with Crippen molar-refractivity contribution < 1.29 is 14.5 Å². The van der Waals surface area contributed by atoms with E-state index in [9.17, 15) is 14.9 Å². The first-order valence-corrected chi connectivity index (χ1v) is 6.65. The number of nitro groups is 1. The highest BCUT2D eigenvalue weighted by Gasteiger charge is 2.16. The number of nitrogens with one attached hydrogen (secondary N) is 2. The SMILES string of the molecule is CC(CNC(=O)OC(C)(C)C)Nc1ccc([N+](=O)[O-])cc1. The number of ether oxygens (including phenoxy) is 1. The highest BCUT2D eigenvalue weighted by Crippen LogP contribution is 2.16. The van der Waals surface area contributed by atoms with Crippen molar-refractivity contribution in [2.24, 2.45) is 0 Å². The minimum Gasteiger partial charge on any atom is -0.444 e. The molecule has 21 heavy (non-hydrogen) atoms. The Morgan fingerprint density at radius 1 is 1.33 bits per heavy atom. The second kappa shape index (κ2) is 6.92. The highest BCUT2D eigenvalue weighted by molar-refractivity contribution is 5.67. The van der Waals surface area contributed by atoms with Crippen molar-refractivity contribution in [3.8, 4) is 0 Å². The lowest BCUT2D eigenvalue weighted by molar-refractivity contribution is -0.384. The van der Waals surface area contributed by atoms with Gasteiger partial charge >= 0.3 is 6.09 Å². The number of amides is 1. The molecule has 116 valence electrons. The lowest BCUT2D eigenvalue weighted by Crippen LogP contribution is -2.38. The van der Waals surface area contributed by atoms with Gasteiger partial charge in [-0.05, 0) is 39.8 Å². The second-order valence-corrected chi connectivity index (χ2v) is 5.73. The zero-order chi connectivity index (χ0) is 16.0. The van der Waals surface area contributed by atoms with E-state index < -0.39 is 16.6 Å². The molecule has 0 spiro atoms. The largest absolute Gasteiger partial charge is 0.444 e. The van der Waals surface area contributed by atoms with Crippen molar-refractivity contribution in [3.05, 3.63) is 34.4 Å². The predicted molar refractivity (Wildman–Crippen MR) is 80.4 cm³/mol. The molecule has 7 heteroatoms. The number of hydrogen-bond donors (Lipinski definition) is 2. The molecule has 2 N–H and O–H groups in total. The summed E-state index contributed by atoms with van der Waals surface area (Å²) >= 11 is 0. The molecule has 0 bridgehead atoms. The number of carbonyl (C=O) groups is 1. The summed E-state index contributed by atoms with van der Waals surface area (Å²) in [5.41, 5.74) is 0.262. The summed E-state index contributed by atoms with van der Waals surface area (Å²) < 4.78 is 5.13. The van der Waals surface area contributed by atoms with E-state index >= 15 is 0 Å². The number of carbonyl (C=O) groups excluding carboxylic acids is 1. The average Bonchev–Trinajstić information content (AvgIpc) is 2.35. The van der Waals surface area contributed by atoms with Crippen LogP contribution in [0.5, 0.6) is 0 Å². The fourth-order valence-electron chi connectivity index (χ4n) is 1.57. The van der Waals surface area contributed by atoms with E-state index in [1.54, 1.807) is 32.9 Å². The van der Waals surface area contributed by atoms with Crippen LogP contribution in [-0.2, 0) is 4.74 Å². The zero-order valence-corrected chi connectivity index (χ0v) is 12.7. The molecular weight excluding hydrogens is 274 g/mol. The standard InChI is InChI=1S/C14H21N3O4/c1-10(9-15-13(18)21-14(2,3)4)16-11-5-7-12(8-6-11)17(19)20/h5-8,10,16H,9H2,1-4H3,(H,15,18). The quantitative estimate of drug-likeness (QED) is 0.643. The molecule has 1 amide bonds. The number of nitrogens with zero attached hydrogens (tertiary/aromatic N) is 1. The van der Waals surface area contributed by atoms with E-state index in [2.05, 4.69) is 10.6 Å². The maximum atomic E-state index is 11.5. The highest BCUT2D eigenvalue weighted by atomic mass is 16.6. The van der Waals surface area contributed by atoms with Crippen LogP contribution in [0.1, 0.15) is 27.7 Å². The first kappa shape index (κ1) is 16.7. The molecule has 0 aliphatic heterocycles. The van der Waals surface area contributed by atoms with E-state index in [1.165, 1.54) is 12.1 Å². The lowest BCUT2D eigenvalue weighted by Gasteiger charge is -2.21. The molecule has 7 nitrogen and oxygen atoms in total. The van der Waals surface area contributed by atoms with E-state index in [1.807, 2.05) is 6.92 Å². The van der Waals surface area contributed by atoms with Gasteiger partial charge in [-0.25, -0.2) is 4.79 Å². The van der Waals surface area contributed by atoms with Crippen LogP contribution in [0.25, 0.3) is 0 Å². The normalized spacial score (nSPS) is 12.4. The van der Waals surface area contributed by atoms with Crippen molar-refractivity contribution >= 4 is 17.5 Å². The lowest BCUT2D eigenvalue weighted by atomic mass is 10.2. The number of nitro benzene ring substituents is 1. The van der Waals surface area contributed by atoms with Crippen LogP contribution in [0.2, 0.25) is 0 Å². The summed E-state index contributed by atoms with van der Waals surface area (Å²) in [4.78, 5) is 21.6. The number of rotatable bonds is 5. The van der Waals surface area contributed by atoms with E-state index in [4.69, 9.17) is 4.74 Å². The summed E-state index contributed by atoms with van der Waals surface area (Å²) in [6.07, 6.45) is -0.472. The van der Waals surface area contributed by atoms with Gasteiger partial charge in [-0.3, -0.25) is 10.1 Å². The van der Waals surface area contributed by atoms with Crippen molar-refractivity contribution in [3.63, 3.8) is 0 Å². The van der Waals surface area contributed by atoms with Crippen molar-refractivity contribution in [2.45, 2.75) is 39.3 Å². The summed E-state index contributed by atoms with van der Waals surface area (Å²) in [6.45, 7) is 7.66.